The van der Waals surface area contributed by atoms with Gasteiger partial charge in [-0.25, -0.2) is 9.18 Å². The molecule has 0 aliphatic rings. The first-order valence-corrected chi connectivity index (χ1v) is 3.29. The van der Waals surface area contributed by atoms with Crippen molar-refractivity contribution in [1.82, 2.24) is 0 Å². The van der Waals surface area contributed by atoms with E-state index in [0.717, 1.165) is 0 Å². The molecule has 0 heterocycles. The minimum atomic E-state index is -0.632. The highest BCUT2D eigenvalue weighted by Crippen LogP contribution is 2.15. The van der Waals surface area contributed by atoms with Crippen LogP contribution in [0, 0.1) is 5.82 Å². The van der Waals surface area contributed by atoms with Gasteiger partial charge in [0.05, 0.1) is 18.4 Å². The van der Waals surface area contributed by atoms with Crippen molar-refractivity contribution < 1.29 is 13.9 Å². The number of nitrogens with two attached hydrogens (primary N) is 1. The lowest BCUT2D eigenvalue weighted by Crippen LogP contribution is -2.06. The average Bonchev–Trinajstić information content (AvgIpc) is 2.08. The van der Waals surface area contributed by atoms with E-state index in [1.54, 1.807) is 0 Å². The molecule has 4 heteroatoms. The van der Waals surface area contributed by atoms with Crippen molar-refractivity contribution in [2.24, 2.45) is 0 Å². The van der Waals surface area contributed by atoms with Gasteiger partial charge in [-0.2, -0.15) is 0 Å². The Labute approximate surface area is 68.9 Å². The van der Waals surface area contributed by atoms with Crippen molar-refractivity contribution in [2.75, 3.05) is 12.8 Å². The molecule has 0 bridgehead atoms. The smallest absolute Gasteiger partial charge is 0.340 e. The summed E-state index contributed by atoms with van der Waals surface area (Å²) in [5, 5.41) is 0. The molecule has 12 heavy (non-hydrogen) atoms. The van der Waals surface area contributed by atoms with E-state index in [2.05, 4.69) is 4.74 Å². The molecular weight excluding hydrogens is 161 g/mol. The molecule has 0 spiro atoms. The SMILES string of the molecule is COC(=O)c1cccc(F)c1N. The van der Waals surface area contributed by atoms with Crippen molar-refractivity contribution in [1.29, 1.82) is 0 Å². The number of carbonyl (C=O) groups excluding carboxylic acids is 1. The van der Waals surface area contributed by atoms with Gasteiger partial charge in [0, 0.05) is 0 Å². The van der Waals surface area contributed by atoms with Crippen LogP contribution in [0.25, 0.3) is 0 Å². The van der Waals surface area contributed by atoms with E-state index in [-0.39, 0.29) is 11.3 Å². The molecule has 0 atom stereocenters. The Balaban J connectivity index is 3.16. The predicted molar refractivity (Wildman–Crippen MR) is 42.2 cm³/mol. The Morgan fingerprint density at radius 3 is 2.83 bits per heavy atom. The van der Waals surface area contributed by atoms with Crippen molar-refractivity contribution in [3.8, 4) is 0 Å². The van der Waals surface area contributed by atoms with Gasteiger partial charge in [0.1, 0.15) is 5.82 Å². The molecule has 1 aromatic rings. The van der Waals surface area contributed by atoms with E-state index in [1.807, 2.05) is 0 Å². The van der Waals surface area contributed by atoms with Crippen LogP contribution >= 0.6 is 0 Å². The maximum Gasteiger partial charge on any atom is 0.340 e. The molecule has 64 valence electrons. The van der Waals surface area contributed by atoms with Crippen LogP contribution in [0.3, 0.4) is 0 Å². The number of benzene rings is 1. The Morgan fingerprint density at radius 1 is 1.58 bits per heavy atom. The monoisotopic (exact) mass is 169 g/mol. The minimum Gasteiger partial charge on any atom is -0.465 e. The molecule has 0 radical (unpaired) electrons. The molecule has 0 unspecified atom stereocenters. The lowest BCUT2D eigenvalue weighted by Gasteiger charge is -2.02. The van der Waals surface area contributed by atoms with E-state index in [4.69, 9.17) is 5.73 Å². The molecule has 1 aromatic carbocycles. The zero-order valence-electron chi connectivity index (χ0n) is 6.50. The van der Waals surface area contributed by atoms with E-state index in [0.29, 0.717) is 0 Å². The topological polar surface area (TPSA) is 52.3 Å². The van der Waals surface area contributed by atoms with Gasteiger partial charge < -0.3 is 10.5 Å². The Hall–Kier alpha value is -1.58. The Morgan fingerprint density at radius 2 is 2.25 bits per heavy atom. The Kier molecular flexibility index (Phi) is 2.28. The summed E-state index contributed by atoms with van der Waals surface area (Å²) >= 11 is 0. The highest BCUT2D eigenvalue weighted by molar-refractivity contribution is 5.94. The van der Waals surface area contributed by atoms with E-state index in [9.17, 15) is 9.18 Å². The second-order valence-corrected chi connectivity index (χ2v) is 2.19. The minimum absolute atomic E-state index is 0.0532. The van der Waals surface area contributed by atoms with Gasteiger partial charge in [0.25, 0.3) is 0 Å². The molecule has 3 nitrogen and oxygen atoms in total. The lowest BCUT2D eigenvalue weighted by atomic mass is 10.2. The van der Waals surface area contributed by atoms with Crippen LogP contribution in [0.5, 0.6) is 0 Å². The summed E-state index contributed by atoms with van der Waals surface area (Å²) < 4.78 is 17.1. The maximum absolute atomic E-state index is 12.7. The predicted octanol–water partition coefficient (Wildman–Crippen LogP) is 1.19. The molecule has 0 amide bonds. The summed E-state index contributed by atoms with van der Waals surface area (Å²) in [7, 11) is 1.21. The number of hydrogen-bond acceptors (Lipinski definition) is 3. The first kappa shape index (κ1) is 8.52. The van der Waals surface area contributed by atoms with Gasteiger partial charge in [-0.1, -0.05) is 6.07 Å². The van der Waals surface area contributed by atoms with Gasteiger partial charge in [0.15, 0.2) is 0 Å². The first-order chi connectivity index (χ1) is 5.66. The number of methoxy groups -OCH3 is 1. The third kappa shape index (κ3) is 1.37. The normalized spacial score (nSPS) is 9.50. The number of para-hydroxylation sites is 1. The number of ether oxygens (including phenoxy) is 1. The quantitative estimate of drug-likeness (QED) is 0.507. The molecule has 0 saturated heterocycles. The fourth-order valence-electron chi connectivity index (χ4n) is 0.825. The second-order valence-electron chi connectivity index (χ2n) is 2.19. The zero-order valence-corrected chi connectivity index (χ0v) is 6.50. The van der Waals surface area contributed by atoms with Crippen molar-refractivity contribution in [3.63, 3.8) is 0 Å². The second kappa shape index (κ2) is 3.21. The van der Waals surface area contributed by atoms with Crippen LogP contribution < -0.4 is 5.73 Å². The largest absolute Gasteiger partial charge is 0.465 e. The van der Waals surface area contributed by atoms with Gasteiger partial charge in [-0.15, -0.1) is 0 Å². The molecular formula is C8H8FNO2. The van der Waals surface area contributed by atoms with E-state index < -0.39 is 11.8 Å². The van der Waals surface area contributed by atoms with Crippen LogP contribution in [-0.2, 0) is 4.74 Å². The lowest BCUT2D eigenvalue weighted by molar-refractivity contribution is 0.0601. The number of carbonyl (C=O) groups is 1. The third-order valence-corrected chi connectivity index (χ3v) is 1.46. The number of anilines is 1. The highest BCUT2D eigenvalue weighted by atomic mass is 19.1. The van der Waals surface area contributed by atoms with Crippen LogP contribution in [0.15, 0.2) is 18.2 Å². The molecule has 0 saturated carbocycles. The summed E-state index contributed by atoms with van der Waals surface area (Å²) in [5.41, 5.74) is 5.16. The number of hydrogen-bond donors (Lipinski definition) is 1. The van der Waals surface area contributed by atoms with E-state index >= 15 is 0 Å². The van der Waals surface area contributed by atoms with Gasteiger partial charge in [-0.05, 0) is 12.1 Å². The van der Waals surface area contributed by atoms with Crippen molar-refractivity contribution in [3.05, 3.63) is 29.6 Å². The van der Waals surface area contributed by atoms with Crippen LogP contribution in [0.1, 0.15) is 10.4 Å². The number of rotatable bonds is 1. The summed E-state index contributed by atoms with van der Waals surface area (Å²) in [6, 6.07) is 3.99. The first-order valence-electron chi connectivity index (χ1n) is 3.29. The molecule has 0 aliphatic heterocycles. The summed E-state index contributed by atoms with van der Waals surface area (Å²) in [6.45, 7) is 0. The van der Waals surface area contributed by atoms with Crippen LogP contribution in [-0.4, -0.2) is 13.1 Å². The number of esters is 1. The van der Waals surface area contributed by atoms with Gasteiger partial charge in [-0.3, -0.25) is 0 Å². The number of halogens is 1. The number of nitrogen functional groups attached to an aromatic ring is 1. The summed E-state index contributed by atoms with van der Waals surface area (Å²) in [5.74, 6) is -1.25. The maximum atomic E-state index is 12.7. The molecule has 0 aromatic heterocycles. The molecule has 1 rings (SSSR count). The highest BCUT2D eigenvalue weighted by Gasteiger charge is 2.11. The van der Waals surface area contributed by atoms with Gasteiger partial charge in [0.2, 0.25) is 0 Å². The van der Waals surface area contributed by atoms with Crippen LogP contribution in [0.2, 0.25) is 0 Å². The fraction of sp³-hybridized carbons (Fsp3) is 0.125. The molecule has 0 fully saturated rings. The third-order valence-electron chi connectivity index (χ3n) is 1.46. The summed E-state index contributed by atoms with van der Waals surface area (Å²) in [6.07, 6.45) is 0. The van der Waals surface area contributed by atoms with Crippen molar-refractivity contribution >= 4 is 11.7 Å². The van der Waals surface area contributed by atoms with Crippen molar-refractivity contribution in [2.45, 2.75) is 0 Å². The molecule has 0 aliphatic carbocycles. The molecule has 2 N–H and O–H groups in total. The fourth-order valence-corrected chi connectivity index (χ4v) is 0.825. The standard InChI is InChI=1S/C8H8FNO2/c1-12-8(11)5-3-2-4-6(9)7(5)10/h2-4H,10H2,1H3. The summed E-state index contributed by atoms with van der Waals surface area (Å²) in [4.78, 5) is 10.9. The van der Waals surface area contributed by atoms with E-state index in [1.165, 1.54) is 25.3 Å². The Bertz CT molecular complexity index is 312. The van der Waals surface area contributed by atoms with Gasteiger partial charge >= 0.3 is 5.97 Å². The van der Waals surface area contributed by atoms with Crippen LogP contribution in [0.4, 0.5) is 10.1 Å². The zero-order chi connectivity index (χ0) is 9.14. The average molecular weight is 169 g/mol.